The molecule has 1 N–H and O–H groups in total. The van der Waals surface area contributed by atoms with E-state index in [1.165, 1.54) is 18.2 Å². The van der Waals surface area contributed by atoms with Crippen molar-refractivity contribution in [2.75, 3.05) is 4.90 Å². The SMILES string of the molecule is O=C1NC(=O)N(c2ccc([N+](=O)[O-])cc2)C(=O)/C1=C/c1ccccc1OCc1ccc(Cl)cc1Cl. The Bertz CT molecular complexity index is 1390. The standard InChI is InChI=1S/C24H15Cl2N3O6/c25-16-6-5-15(20(26)12-16)13-35-21-4-2-1-3-14(21)11-19-22(30)27-24(32)28(23(19)31)17-7-9-18(10-8-17)29(33)34/h1-12H,13H2,(H,27,30,32)/b19-11+. The second-order valence-corrected chi connectivity index (χ2v) is 8.14. The van der Waals surface area contributed by atoms with Crippen molar-refractivity contribution >= 4 is 58.5 Å². The Balaban J connectivity index is 1.63. The number of benzene rings is 3. The van der Waals surface area contributed by atoms with Crippen molar-refractivity contribution in [1.82, 2.24) is 5.32 Å². The molecule has 9 nitrogen and oxygen atoms in total. The lowest BCUT2D eigenvalue weighted by molar-refractivity contribution is -0.384. The number of imide groups is 2. The molecule has 0 spiro atoms. The number of nitrogens with zero attached hydrogens (tertiary/aromatic N) is 2. The molecule has 0 atom stereocenters. The maximum absolute atomic E-state index is 13.1. The molecule has 0 aliphatic carbocycles. The number of nitro benzene ring substituents is 1. The van der Waals surface area contributed by atoms with Crippen LogP contribution in [0.5, 0.6) is 5.75 Å². The number of hydrogen-bond donors (Lipinski definition) is 1. The van der Waals surface area contributed by atoms with Gasteiger partial charge < -0.3 is 4.74 Å². The van der Waals surface area contributed by atoms with Gasteiger partial charge in [-0.3, -0.25) is 25.0 Å². The first-order chi connectivity index (χ1) is 16.7. The second-order valence-electron chi connectivity index (χ2n) is 7.29. The van der Waals surface area contributed by atoms with Crippen LogP contribution >= 0.6 is 23.2 Å². The summed E-state index contributed by atoms with van der Waals surface area (Å²) in [7, 11) is 0. The van der Waals surface area contributed by atoms with Crippen LogP contribution < -0.4 is 15.0 Å². The predicted octanol–water partition coefficient (Wildman–Crippen LogP) is 5.15. The number of non-ortho nitro benzene ring substituents is 1. The number of anilines is 1. The number of carbonyl (C=O) groups is 3. The predicted molar refractivity (Wildman–Crippen MR) is 129 cm³/mol. The van der Waals surface area contributed by atoms with Gasteiger partial charge in [-0.15, -0.1) is 0 Å². The third kappa shape index (κ3) is 5.16. The van der Waals surface area contributed by atoms with Crippen LogP contribution in [0.1, 0.15) is 11.1 Å². The van der Waals surface area contributed by atoms with Gasteiger partial charge in [-0.1, -0.05) is 47.5 Å². The Morgan fingerprint density at radius 1 is 1.00 bits per heavy atom. The summed E-state index contributed by atoms with van der Waals surface area (Å²) >= 11 is 12.1. The zero-order valence-electron chi connectivity index (χ0n) is 17.7. The molecule has 0 aromatic heterocycles. The van der Waals surface area contributed by atoms with E-state index in [9.17, 15) is 24.5 Å². The number of rotatable bonds is 6. The number of para-hydroxylation sites is 1. The molecule has 3 aromatic carbocycles. The number of ether oxygens (including phenoxy) is 1. The van der Waals surface area contributed by atoms with Crippen molar-refractivity contribution < 1.29 is 24.0 Å². The number of nitro groups is 1. The number of carbonyl (C=O) groups excluding carboxylic acids is 3. The van der Waals surface area contributed by atoms with Crippen molar-refractivity contribution in [1.29, 1.82) is 0 Å². The van der Waals surface area contributed by atoms with Crippen LogP contribution in [0.2, 0.25) is 10.0 Å². The third-order valence-electron chi connectivity index (χ3n) is 5.04. The summed E-state index contributed by atoms with van der Waals surface area (Å²) < 4.78 is 5.86. The van der Waals surface area contributed by atoms with Gasteiger partial charge in [0.15, 0.2) is 0 Å². The van der Waals surface area contributed by atoms with Gasteiger partial charge in [0.1, 0.15) is 17.9 Å². The molecule has 35 heavy (non-hydrogen) atoms. The first kappa shape index (κ1) is 23.9. The van der Waals surface area contributed by atoms with Gasteiger partial charge in [-0.2, -0.15) is 0 Å². The van der Waals surface area contributed by atoms with E-state index in [4.69, 9.17) is 27.9 Å². The monoisotopic (exact) mass is 511 g/mol. The number of urea groups is 1. The van der Waals surface area contributed by atoms with Crippen LogP contribution in [-0.4, -0.2) is 22.8 Å². The minimum absolute atomic E-state index is 0.0680. The molecule has 11 heteroatoms. The highest BCUT2D eigenvalue weighted by molar-refractivity contribution is 6.39. The van der Waals surface area contributed by atoms with E-state index in [-0.39, 0.29) is 23.6 Å². The topological polar surface area (TPSA) is 119 Å². The van der Waals surface area contributed by atoms with Gasteiger partial charge in [-0.05, 0) is 36.4 Å². The molecule has 4 rings (SSSR count). The summed E-state index contributed by atoms with van der Waals surface area (Å²) in [6.45, 7) is 0.101. The average molecular weight is 512 g/mol. The molecule has 0 bridgehead atoms. The van der Waals surface area contributed by atoms with E-state index in [2.05, 4.69) is 5.32 Å². The Morgan fingerprint density at radius 2 is 1.71 bits per heavy atom. The van der Waals surface area contributed by atoms with E-state index >= 15 is 0 Å². The zero-order valence-corrected chi connectivity index (χ0v) is 19.2. The summed E-state index contributed by atoms with van der Waals surface area (Å²) in [5.74, 6) is -1.40. The molecule has 1 aliphatic heterocycles. The number of amides is 4. The lowest BCUT2D eigenvalue weighted by atomic mass is 10.1. The largest absolute Gasteiger partial charge is 0.488 e. The first-order valence-corrected chi connectivity index (χ1v) is 10.8. The molecule has 0 unspecified atom stereocenters. The molecule has 1 heterocycles. The van der Waals surface area contributed by atoms with E-state index in [0.29, 0.717) is 26.9 Å². The molecule has 1 aliphatic rings. The molecule has 176 valence electrons. The molecular weight excluding hydrogens is 497 g/mol. The summed E-state index contributed by atoms with van der Waals surface area (Å²) in [6.07, 6.45) is 1.31. The van der Waals surface area contributed by atoms with Crippen molar-refractivity contribution in [3.05, 3.63) is 104 Å². The third-order valence-corrected chi connectivity index (χ3v) is 5.62. The maximum atomic E-state index is 13.1. The summed E-state index contributed by atoms with van der Waals surface area (Å²) in [6, 6.07) is 15.5. The van der Waals surface area contributed by atoms with Crippen LogP contribution in [0.3, 0.4) is 0 Å². The van der Waals surface area contributed by atoms with E-state index in [0.717, 1.165) is 17.0 Å². The van der Waals surface area contributed by atoms with Crippen molar-refractivity contribution in [3.8, 4) is 5.75 Å². The molecule has 1 fully saturated rings. The van der Waals surface area contributed by atoms with Gasteiger partial charge in [-0.25, -0.2) is 9.69 Å². The quantitative estimate of drug-likeness (QED) is 0.211. The van der Waals surface area contributed by atoms with E-state index in [1.54, 1.807) is 42.5 Å². The fraction of sp³-hybridized carbons (Fsp3) is 0.0417. The van der Waals surface area contributed by atoms with Crippen LogP contribution in [0.25, 0.3) is 6.08 Å². The lowest BCUT2D eigenvalue weighted by Gasteiger charge is -2.26. The second kappa shape index (κ2) is 9.96. The molecule has 3 aromatic rings. The Kier molecular flexibility index (Phi) is 6.81. The number of halogens is 2. The van der Waals surface area contributed by atoms with Gasteiger partial charge in [0, 0.05) is 33.3 Å². The highest BCUT2D eigenvalue weighted by Gasteiger charge is 2.37. The molecule has 0 radical (unpaired) electrons. The van der Waals surface area contributed by atoms with Gasteiger partial charge >= 0.3 is 6.03 Å². The highest BCUT2D eigenvalue weighted by Crippen LogP contribution is 2.28. The van der Waals surface area contributed by atoms with Crippen LogP contribution in [0.4, 0.5) is 16.2 Å². The highest BCUT2D eigenvalue weighted by atomic mass is 35.5. The normalized spacial score (nSPS) is 14.7. The van der Waals surface area contributed by atoms with Crippen LogP contribution in [0.15, 0.2) is 72.3 Å². The molecule has 4 amide bonds. The Hall–Kier alpha value is -4.21. The number of nitrogens with one attached hydrogen (secondary N) is 1. The summed E-state index contributed by atoms with van der Waals surface area (Å²) in [5.41, 5.74) is 0.633. The number of hydrogen-bond acceptors (Lipinski definition) is 6. The molecule has 0 saturated carbocycles. The van der Waals surface area contributed by atoms with Crippen molar-refractivity contribution in [2.24, 2.45) is 0 Å². The summed E-state index contributed by atoms with van der Waals surface area (Å²) in [4.78, 5) is 49.0. The van der Waals surface area contributed by atoms with E-state index < -0.39 is 22.8 Å². The fourth-order valence-corrected chi connectivity index (χ4v) is 3.76. The maximum Gasteiger partial charge on any atom is 0.335 e. The average Bonchev–Trinajstić information content (AvgIpc) is 2.82. The Labute approximate surface area is 208 Å². The fourth-order valence-electron chi connectivity index (χ4n) is 3.30. The Morgan fingerprint density at radius 3 is 2.40 bits per heavy atom. The van der Waals surface area contributed by atoms with Crippen LogP contribution in [-0.2, 0) is 16.2 Å². The van der Waals surface area contributed by atoms with Gasteiger partial charge in [0.2, 0.25) is 0 Å². The first-order valence-electron chi connectivity index (χ1n) is 10.1. The van der Waals surface area contributed by atoms with Gasteiger partial charge in [0.25, 0.3) is 17.5 Å². The minimum Gasteiger partial charge on any atom is -0.488 e. The van der Waals surface area contributed by atoms with E-state index in [1.807, 2.05) is 0 Å². The molecule has 1 saturated heterocycles. The smallest absolute Gasteiger partial charge is 0.335 e. The molecular formula is C24H15Cl2N3O6. The number of barbiturate groups is 1. The minimum atomic E-state index is -0.965. The summed E-state index contributed by atoms with van der Waals surface area (Å²) in [5, 5.41) is 13.9. The lowest BCUT2D eigenvalue weighted by Crippen LogP contribution is -2.54. The van der Waals surface area contributed by atoms with Gasteiger partial charge in [0.05, 0.1) is 10.6 Å². The van der Waals surface area contributed by atoms with Crippen LogP contribution in [0, 0.1) is 10.1 Å². The van der Waals surface area contributed by atoms with Crippen molar-refractivity contribution in [3.63, 3.8) is 0 Å². The van der Waals surface area contributed by atoms with Crippen molar-refractivity contribution in [2.45, 2.75) is 6.61 Å². The zero-order chi connectivity index (χ0) is 25.1.